The van der Waals surface area contributed by atoms with Crippen molar-refractivity contribution in [3.8, 4) is 0 Å². The third-order valence-electron chi connectivity index (χ3n) is 5.54. The highest BCUT2D eigenvalue weighted by Crippen LogP contribution is 2.61. The van der Waals surface area contributed by atoms with E-state index in [1.807, 2.05) is 13.8 Å². The molecule has 0 aromatic heterocycles. The van der Waals surface area contributed by atoms with Crippen molar-refractivity contribution in [2.45, 2.75) is 58.8 Å². The van der Waals surface area contributed by atoms with Crippen LogP contribution in [0.15, 0.2) is 11.6 Å². The van der Waals surface area contributed by atoms with E-state index in [2.05, 4.69) is 5.32 Å². The van der Waals surface area contributed by atoms with Crippen molar-refractivity contribution >= 4 is 5.91 Å². The van der Waals surface area contributed by atoms with Crippen molar-refractivity contribution in [3.05, 3.63) is 11.6 Å². The van der Waals surface area contributed by atoms with Crippen LogP contribution in [0.4, 0.5) is 0 Å². The van der Waals surface area contributed by atoms with Crippen LogP contribution < -0.4 is 5.32 Å². The fourth-order valence-corrected chi connectivity index (χ4v) is 5.36. The second-order valence-electron chi connectivity index (χ2n) is 7.68. The summed E-state index contributed by atoms with van der Waals surface area (Å²) < 4.78 is 0. The normalized spacial score (nSPS) is 39.2. The molecule has 1 N–H and O–H groups in total. The molecule has 0 unspecified atom stereocenters. The van der Waals surface area contributed by atoms with Gasteiger partial charge in [-0.2, -0.15) is 0 Å². The third-order valence-corrected chi connectivity index (χ3v) is 5.54. The van der Waals surface area contributed by atoms with Gasteiger partial charge < -0.3 is 5.32 Å². The predicted octanol–water partition coefficient (Wildman–Crippen LogP) is 3.68. The van der Waals surface area contributed by atoms with Gasteiger partial charge in [0.15, 0.2) is 0 Å². The van der Waals surface area contributed by atoms with Crippen LogP contribution in [0.1, 0.15) is 58.8 Å². The number of carbonyl (C=O) groups excluding carboxylic acids is 1. The van der Waals surface area contributed by atoms with E-state index in [1.165, 1.54) is 44.9 Å². The second-order valence-corrected chi connectivity index (χ2v) is 7.68. The van der Waals surface area contributed by atoms with Gasteiger partial charge in [0.2, 0.25) is 5.91 Å². The minimum Gasteiger partial charge on any atom is -0.353 e. The molecule has 106 valence electrons. The molecule has 0 aromatic carbocycles. The van der Waals surface area contributed by atoms with Gasteiger partial charge in [0, 0.05) is 12.6 Å². The minimum absolute atomic E-state index is 0.0877. The highest BCUT2D eigenvalue weighted by Gasteiger charge is 2.50. The Morgan fingerprint density at radius 1 is 1.11 bits per heavy atom. The van der Waals surface area contributed by atoms with E-state index in [0.717, 1.165) is 29.9 Å². The fourth-order valence-electron chi connectivity index (χ4n) is 5.36. The molecule has 4 rings (SSSR count). The number of allylic oxidation sites excluding steroid dienone is 1. The summed E-state index contributed by atoms with van der Waals surface area (Å²) in [6, 6.07) is 0. The van der Waals surface area contributed by atoms with Crippen molar-refractivity contribution < 1.29 is 4.79 Å². The Morgan fingerprint density at radius 3 is 2.11 bits per heavy atom. The molecule has 2 heteroatoms. The standard InChI is InChI=1S/C17H27NO/c1-12(2)5-16(19)18-4-3-17-9-13-6-14(10-17)8-15(7-13)11-17/h5,13-15H,3-4,6-11H2,1-2H3,(H,18,19). The van der Waals surface area contributed by atoms with E-state index in [1.54, 1.807) is 6.08 Å². The maximum Gasteiger partial charge on any atom is 0.243 e. The van der Waals surface area contributed by atoms with Crippen molar-refractivity contribution in [1.82, 2.24) is 5.32 Å². The van der Waals surface area contributed by atoms with Gasteiger partial charge in [0.1, 0.15) is 0 Å². The van der Waals surface area contributed by atoms with Crippen LogP contribution in [-0.2, 0) is 4.79 Å². The predicted molar refractivity (Wildman–Crippen MR) is 77.7 cm³/mol. The smallest absolute Gasteiger partial charge is 0.243 e. The summed E-state index contributed by atoms with van der Waals surface area (Å²) in [5.41, 5.74) is 1.67. The van der Waals surface area contributed by atoms with Crippen molar-refractivity contribution in [2.24, 2.45) is 23.2 Å². The first kappa shape index (κ1) is 13.2. The molecule has 4 aliphatic carbocycles. The Morgan fingerprint density at radius 2 is 1.63 bits per heavy atom. The van der Waals surface area contributed by atoms with E-state index in [4.69, 9.17) is 0 Å². The number of amides is 1. The van der Waals surface area contributed by atoms with Crippen LogP contribution in [0.25, 0.3) is 0 Å². The SMILES string of the molecule is CC(C)=CC(=O)NCCC12CC3CC(CC(C3)C1)C2. The van der Waals surface area contributed by atoms with Gasteiger partial charge in [0.25, 0.3) is 0 Å². The number of hydrogen-bond donors (Lipinski definition) is 1. The molecule has 0 radical (unpaired) electrons. The van der Waals surface area contributed by atoms with Gasteiger partial charge in [-0.1, -0.05) is 5.57 Å². The zero-order valence-electron chi connectivity index (χ0n) is 12.4. The Hall–Kier alpha value is -0.790. The van der Waals surface area contributed by atoms with Crippen molar-refractivity contribution in [2.75, 3.05) is 6.54 Å². The molecule has 0 aliphatic heterocycles. The van der Waals surface area contributed by atoms with E-state index < -0.39 is 0 Å². The van der Waals surface area contributed by atoms with Gasteiger partial charge in [-0.05, 0) is 82.0 Å². The first-order chi connectivity index (χ1) is 9.05. The highest BCUT2D eigenvalue weighted by molar-refractivity contribution is 5.87. The Kier molecular flexibility index (Phi) is 3.44. The first-order valence-electron chi connectivity index (χ1n) is 7.97. The van der Waals surface area contributed by atoms with Gasteiger partial charge in [0.05, 0.1) is 0 Å². The third kappa shape index (κ3) is 2.88. The van der Waals surface area contributed by atoms with E-state index >= 15 is 0 Å². The summed E-state index contributed by atoms with van der Waals surface area (Å²) in [4.78, 5) is 11.7. The molecule has 2 nitrogen and oxygen atoms in total. The topological polar surface area (TPSA) is 29.1 Å². The lowest BCUT2D eigenvalue weighted by Gasteiger charge is -2.57. The van der Waals surface area contributed by atoms with Gasteiger partial charge >= 0.3 is 0 Å². The van der Waals surface area contributed by atoms with Crippen LogP contribution in [0, 0.1) is 23.2 Å². The van der Waals surface area contributed by atoms with Gasteiger partial charge in [-0.3, -0.25) is 4.79 Å². The molecule has 4 bridgehead atoms. The maximum atomic E-state index is 11.7. The van der Waals surface area contributed by atoms with Crippen LogP contribution in [-0.4, -0.2) is 12.5 Å². The largest absolute Gasteiger partial charge is 0.353 e. The van der Waals surface area contributed by atoms with Gasteiger partial charge in [-0.25, -0.2) is 0 Å². The molecule has 0 heterocycles. The van der Waals surface area contributed by atoms with Crippen LogP contribution in [0.3, 0.4) is 0 Å². The molecular weight excluding hydrogens is 234 g/mol. The minimum atomic E-state index is 0.0877. The Labute approximate surface area is 117 Å². The summed E-state index contributed by atoms with van der Waals surface area (Å²) in [5, 5.41) is 3.07. The van der Waals surface area contributed by atoms with Crippen LogP contribution in [0.5, 0.6) is 0 Å². The lowest BCUT2D eigenvalue weighted by Crippen LogP contribution is -2.47. The molecule has 4 saturated carbocycles. The second kappa shape index (κ2) is 4.96. The molecule has 0 spiro atoms. The quantitative estimate of drug-likeness (QED) is 0.769. The lowest BCUT2D eigenvalue weighted by atomic mass is 9.49. The summed E-state index contributed by atoms with van der Waals surface area (Å²) in [6.07, 6.45) is 11.8. The molecule has 1 amide bonds. The summed E-state index contributed by atoms with van der Waals surface area (Å²) in [5.74, 6) is 3.13. The first-order valence-corrected chi connectivity index (χ1v) is 7.97. The van der Waals surface area contributed by atoms with Crippen molar-refractivity contribution in [3.63, 3.8) is 0 Å². The number of hydrogen-bond acceptors (Lipinski definition) is 1. The average Bonchev–Trinajstić information content (AvgIpc) is 2.25. The van der Waals surface area contributed by atoms with E-state index in [-0.39, 0.29) is 5.91 Å². The van der Waals surface area contributed by atoms with E-state index in [0.29, 0.717) is 5.41 Å². The molecule has 4 fully saturated rings. The molecule has 0 atom stereocenters. The molecule has 4 aliphatic rings. The monoisotopic (exact) mass is 261 g/mol. The van der Waals surface area contributed by atoms with E-state index in [9.17, 15) is 4.79 Å². The van der Waals surface area contributed by atoms with Crippen LogP contribution in [0.2, 0.25) is 0 Å². The highest BCUT2D eigenvalue weighted by atomic mass is 16.1. The summed E-state index contributed by atoms with van der Waals surface area (Å²) in [6.45, 7) is 4.81. The lowest BCUT2D eigenvalue weighted by molar-refractivity contribution is -0.117. The fraction of sp³-hybridized carbons (Fsp3) is 0.824. The van der Waals surface area contributed by atoms with Gasteiger partial charge in [-0.15, -0.1) is 0 Å². The average molecular weight is 261 g/mol. The zero-order chi connectivity index (χ0) is 13.5. The van der Waals surface area contributed by atoms with Crippen LogP contribution >= 0.6 is 0 Å². The summed E-state index contributed by atoms with van der Waals surface area (Å²) >= 11 is 0. The molecule has 19 heavy (non-hydrogen) atoms. The maximum absolute atomic E-state index is 11.7. The number of rotatable bonds is 4. The Bertz CT molecular complexity index is 357. The zero-order valence-corrected chi connectivity index (χ0v) is 12.4. The number of nitrogens with one attached hydrogen (secondary N) is 1. The number of carbonyl (C=O) groups is 1. The molecule has 0 aromatic rings. The molecule has 0 saturated heterocycles. The molecular formula is C17H27NO. The summed E-state index contributed by atoms with van der Waals surface area (Å²) in [7, 11) is 0. The Balaban J connectivity index is 1.53. The van der Waals surface area contributed by atoms with Crippen molar-refractivity contribution in [1.29, 1.82) is 0 Å².